The van der Waals surface area contributed by atoms with Crippen molar-refractivity contribution in [3.05, 3.63) is 47.3 Å². The zero-order valence-electron chi connectivity index (χ0n) is 12.7. The fraction of sp³-hybridized carbons (Fsp3) is 0.200. The fourth-order valence-corrected chi connectivity index (χ4v) is 2.49. The van der Waals surface area contributed by atoms with Crippen molar-refractivity contribution in [1.29, 1.82) is 0 Å². The molecule has 1 aromatic carbocycles. The van der Waals surface area contributed by atoms with Crippen LogP contribution in [0, 0.1) is 13.8 Å². The van der Waals surface area contributed by atoms with Crippen LogP contribution in [0.3, 0.4) is 0 Å². The summed E-state index contributed by atoms with van der Waals surface area (Å²) in [5.41, 5.74) is 3.99. The van der Waals surface area contributed by atoms with Gasteiger partial charge in [0, 0.05) is 18.9 Å². The van der Waals surface area contributed by atoms with E-state index in [1.165, 1.54) is 15.5 Å². The van der Waals surface area contributed by atoms with Crippen LogP contribution in [0.5, 0.6) is 0 Å². The molecule has 0 radical (unpaired) electrons. The molecule has 3 rings (SSSR count). The number of anilines is 2. The lowest BCUT2D eigenvalue weighted by molar-refractivity contribution is 0.209. The first-order valence-electron chi connectivity index (χ1n) is 7.03. The molecule has 23 heavy (non-hydrogen) atoms. The molecule has 1 amide bonds. The zero-order chi connectivity index (χ0) is 16.4. The highest BCUT2D eigenvalue weighted by Gasteiger charge is 2.11. The van der Waals surface area contributed by atoms with Gasteiger partial charge in [-0.25, -0.2) is 9.78 Å². The number of amides is 1. The molecule has 118 valence electrons. The highest BCUT2D eigenvalue weighted by atomic mass is 16.4. The van der Waals surface area contributed by atoms with Gasteiger partial charge in [-0.3, -0.25) is 9.72 Å². The van der Waals surface area contributed by atoms with Gasteiger partial charge in [0.1, 0.15) is 0 Å². The Bertz CT molecular complexity index is 853. The highest BCUT2D eigenvalue weighted by molar-refractivity contribution is 5.81. The molecule has 0 bridgehead atoms. The molecule has 0 aliphatic heterocycles. The molecule has 0 unspecified atom stereocenters. The third kappa shape index (κ3) is 3.20. The highest BCUT2D eigenvalue weighted by Crippen LogP contribution is 2.17. The number of carbonyl (C=O) groups is 1. The van der Waals surface area contributed by atoms with Crippen LogP contribution in [0.2, 0.25) is 0 Å². The second-order valence-corrected chi connectivity index (χ2v) is 5.27. The minimum absolute atomic E-state index is 0.129. The van der Waals surface area contributed by atoms with Crippen molar-refractivity contribution >= 4 is 23.5 Å². The lowest BCUT2D eigenvalue weighted by atomic mass is 10.1. The van der Waals surface area contributed by atoms with E-state index in [9.17, 15) is 4.79 Å². The maximum absolute atomic E-state index is 10.7. The number of rotatable bonds is 4. The predicted molar refractivity (Wildman–Crippen MR) is 85.7 cm³/mol. The monoisotopic (exact) mass is 312 g/mol. The van der Waals surface area contributed by atoms with Gasteiger partial charge in [-0.1, -0.05) is 29.3 Å². The largest absolute Gasteiger partial charge is 0.465 e. The van der Waals surface area contributed by atoms with Gasteiger partial charge in [0.15, 0.2) is 5.82 Å². The molecule has 0 atom stereocenters. The molecule has 8 heteroatoms. The fourth-order valence-electron chi connectivity index (χ4n) is 2.49. The van der Waals surface area contributed by atoms with Crippen molar-refractivity contribution in [2.75, 3.05) is 10.6 Å². The number of nitrogens with zero attached hydrogens (tertiary/aromatic N) is 4. The number of aryl methyl sites for hydroxylation is 2. The van der Waals surface area contributed by atoms with E-state index in [1.54, 1.807) is 12.4 Å². The topological polar surface area (TPSA) is 104 Å². The van der Waals surface area contributed by atoms with E-state index in [-0.39, 0.29) is 5.95 Å². The summed E-state index contributed by atoms with van der Waals surface area (Å²) in [5.74, 6) is 0.668. The third-order valence-corrected chi connectivity index (χ3v) is 3.29. The summed E-state index contributed by atoms with van der Waals surface area (Å²) in [6, 6.07) is 6.31. The summed E-state index contributed by atoms with van der Waals surface area (Å²) in [4.78, 5) is 15.0. The van der Waals surface area contributed by atoms with Crippen molar-refractivity contribution in [2.45, 2.75) is 20.4 Å². The van der Waals surface area contributed by atoms with Gasteiger partial charge in [-0.15, -0.1) is 10.2 Å². The normalized spacial score (nSPS) is 10.7. The van der Waals surface area contributed by atoms with Gasteiger partial charge in [0.2, 0.25) is 11.6 Å². The second kappa shape index (κ2) is 5.91. The van der Waals surface area contributed by atoms with E-state index < -0.39 is 6.09 Å². The summed E-state index contributed by atoms with van der Waals surface area (Å²) >= 11 is 0. The van der Waals surface area contributed by atoms with Crippen LogP contribution < -0.4 is 10.6 Å². The molecule has 0 spiro atoms. The molecule has 0 aliphatic rings. The molecule has 0 saturated carbocycles. The first-order valence-corrected chi connectivity index (χ1v) is 7.03. The average Bonchev–Trinajstić information content (AvgIpc) is 2.87. The lowest BCUT2D eigenvalue weighted by Gasteiger charge is -2.08. The lowest BCUT2D eigenvalue weighted by Crippen LogP contribution is -2.10. The molecular weight excluding hydrogens is 296 g/mol. The SMILES string of the molecule is Cc1cc(C)cc(CNc2nccn3c(NC(=O)O)nnc23)c1. The maximum Gasteiger partial charge on any atom is 0.411 e. The summed E-state index contributed by atoms with van der Waals surface area (Å²) in [6.45, 7) is 4.69. The van der Waals surface area contributed by atoms with Crippen molar-refractivity contribution in [1.82, 2.24) is 19.6 Å². The average molecular weight is 312 g/mol. The van der Waals surface area contributed by atoms with Crippen molar-refractivity contribution < 1.29 is 9.90 Å². The van der Waals surface area contributed by atoms with E-state index in [0.717, 1.165) is 5.56 Å². The number of fused-ring (bicyclic) bond motifs is 1. The molecule has 0 fully saturated rings. The summed E-state index contributed by atoms with van der Waals surface area (Å²) < 4.78 is 1.53. The van der Waals surface area contributed by atoms with Crippen LogP contribution in [-0.4, -0.2) is 30.8 Å². The van der Waals surface area contributed by atoms with E-state index in [2.05, 4.69) is 57.9 Å². The molecule has 8 nitrogen and oxygen atoms in total. The Morgan fingerprint density at radius 3 is 2.65 bits per heavy atom. The smallest absolute Gasteiger partial charge is 0.411 e. The summed E-state index contributed by atoms with van der Waals surface area (Å²) in [6.07, 6.45) is 1.97. The summed E-state index contributed by atoms with van der Waals surface area (Å²) in [5, 5.41) is 22.0. The first kappa shape index (κ1) is 14.8. The van der Waals surface area contributed by atoms with Crippen molar-refractivity contribution in [3.8, 4) is 0 Å². The zero-order valence-corrected chi connectivity index (χ0v) is 12.7. The standard InChI is InChI=1S/C15H16N6O2/c1-9-5-10(2)7-11(6-9)8-17-12-13-19-20-14(18-15(22)23)21(13)4-3-16-12/h3-7H,8H2,1-2H3,(H,16,17)(H,18,20)(H,22,23). The number of carboxylic acid groups (broad SMARTS) is 1. The van der Waals surface area contributed by atoms with Gasteiger partial charge in [0.25, 0.3) is 0 Å². The molecular formula is C15H16N6O2. The Morgan fingerprint density at radius 2 is 1.96 bits per heavy atom. The van der Waals surface area contributed by atoms with E-state index >= 15 is 0 Å². The van der Waals surface area contributed by atoms with Crippen LogP contribution in [-0.2, 0) is 6.54 Å². The molecule has 0 aliphatic carbocycles. The van der Waals surface area contributed by atoms with E-state index in [0.29, 0.717) is 18.0 Å². The van der Waals surface area contributed by atoms with Gasteiger partial charge in [-0.05, 0) is 19.4 Å². The second-order valence-electron chi connectivity index (χ2n) is 5.27. The predicted octanol–water partition coefficient (Wildman–Crippen LogP) is 2.44. The number of benzene rings is 1. The van der Waals surface area contributed by atoms with E-state index in [1.807, 2.05) is 0 Å². The van der Waals surface area contributed by atoms with Gasteiger partial charge >= 0.3 is 6.09 Å². The Hall–Kier alpha value is -3.16. The van der Waals surface area contributed by atoms with Crippen molar-refractivity contribution in [3.63, 3.8) is 0 Å². The number of aromatic nitrogens is 4. The summed E-state index contributed by atoms with van der Waals surface area (Å²) in [7, 11) is 0. The van der Waals surface area contributed by atoms with Gasteiger partial charge < -0.3 is 10.4 Å². The van der Waals surface area contributed by atoms with E-state index in [4.69, 9.17) is 5.11 Å². The van der Waals surface area contributed by atoms with Crippen LogP contribution in [0.15, 0.2) is 30.6 Å². The van der Waals surface area contributed by atoms with Gasteiger partial charge in [0.05, 0.1) is 0 Å². The Kier molecular flexibility index (Phi) is 3.80. The van der Waals surface area contributed by atoms with Crippen molar-refractivity contribution in [2.24, 2.45) is 0 Å². The maximum atomic E-state index is 10.7. The van der Waals surface area contributed by atoms with Crippen LogP contribution in [0.4, 0.5) is 16.6 Å². The van der Waals surface area contributed by atoms with Crippen LogP contribution in [0.25, 0.3) is 5.65 Å². The van der Waals surface area contributed by atoms with Crippen LogP contribution >= 0.6 is 0 Å². The Morgan fingerprint density at radius 1 is 1.22 bits per heavy atom. The number of nitrogens with one attached hydrogen (secondary N) is 2. The first-order chi connectivity index (χ1) is 11.0. The molecule has 2 aromatic heterocycles. The quantitative estimate of drug-likeness (QED) is 0.683. The number of hydrogen-bond acceptors (Lipinski definition) is 5. The minimum Gasteiger partial charge on any atom is -0.465 e. The Labute approximate surface area is 132 Å². The molecule has 2 heterocycles. The molecule has 3 aromatic rings. The van der Waals surface area contributed by atoms with Crippen LogP contribution in [0.1, 0.15) is 16.7 Å². The number of hydrogen-bond donors (Lipinski definition) is 3. The Balaban J connectivity index is 1.85. The van der Waals surface area contributed by atoms with Gasteiger partial charge in [-0.2, -0.15) is 0 Å². The molecule has 0 saturated heterocycles. The molecule has 3 N–H and O–H groups in total. The third-order valence-electron chi connectivity index (χ3n) is 3.29. The minimum atomic E-state index is -1.19.